The van der Waals surface area contributed by atoms with Crippen LogP contribution in [0.25, 0.3) is 11.0 Å². The van der Waals surface area contributed by atoms with Gasteiger partial charge in [-0.05, 0) is 44.0 Å². The number of piperidine rings is 1. The Morgan fingerprint density at radius 3 is 2.72 bits per heavy atom. The highest BCUT2D eigenvalue weighted by molar-refractivity contribution is 5.97. The number of imidazole rings is 1. The van der Waals surface area contributed by atoms with Gasteiger partial charge in [0, 0.05) is 19.0 Å². The molecule has 1 aliphatic rings. The summed E-state index contributed by atoms with van der Waals surface area (Å²) in [5.41, 5.74) is 3.40. The number of carbonyl (C=O) groups excluding carboxylic acids is 1. The minimum Gasteiger partial charge on any atom is -0.507 e. The van der Waals surface area contributed by atoms with Gasteiger partial charge in [0.25, 0.3) is 5.91 Å². The number of benzene rings is 2. The Labute approximate surface area is 146 Å². The number of carbonyl (C=O) groups is 1. The number of aromatic nitrogens is 2. The molecule has 2 N–H and O–H groups in total. The maximum atomic E-state index is 12.7. The van der Waals surface area contributed by atoms with Crippen molar-refractivity contribution >= 4 is 16.9 Å². The van der Waals surface area contributed by atoms with Gasteiger partial charge in [-0.1, -0.05) is 23.8 Å². The largest absolute Gasteiger partial charge is 0.507 e. The molecule has 4 rings (SSSR count). The molecule has 3 aromatic rings. The van der Waals surface area contributed by atoms with E-state index in [-0.39, 0.29) is 11.7 Å². The molecule has 0 atom stereocenters. The summed E-state index contributed by atoms with van der Waals surface area (Å²) in [7, 11) is 0. The maximum absolute atomic E-state index is 12.7. The number of aromatic amines is 1. The van der Waals surface area contributed by atoms with E-state index >= 15 is 0 Å². The molecule has 1 aromatic heterocycles. The summed E-state index contributed by atoms with van der Waals surface area (Å²) in [5.74, 6) is 1.30. The Morgan fingerprint density at radius 1 is 1.20 bits per heavy atom. The fourth-order valence-electron chi connectivity index (χ4n) is 3.51. The van der Waals surface area contributed by atoms with Crippen molar-refractivity contribution in [1.29, 1.82) is 0 Å². The zero-order valence-electron chi connectivity index (χ0n) is 14.2. The van der Waals surface area contributed by atoms with E-state index in [9.17, 15) is 9.90 Å². The highest BCUT2D eigenvalue weighted by Gasteiger charge is 2.27. The number of rotatable bonds is 2. The summed E-state index contributed by atoms with van der Waals surface area (Å²) in [4.78, 5) is 22.6. The first-order valence-electron chi connectivity index (χ1n) is 8.65. The SMILES string of the molecule is Cc1ccc(O)c(C(=O)N2CCC(c3nc4ccccc4[nH]3)CC2)c1. The van der Waals surface area contributed by atoms with E-state index < -0.39 is 0 Å². The third-order valence-corrected chi connectivity index (χ3v) is 4.96. The van der Waals surface area contributed by atoms with E-state index in [1.807, 2.05) is 36.1 Å². The minimum atomic E-state index is -0.0933. The van der Waals surface area contributed by atoms with Gasteiger partial charge in [0.2, 0.25) is 0 Å². The average Bonchev–Trinajstić information content (AvgIpc) is 3.07. The zero-order valence-corrected chi connectivity index (χ0v) is 14.2. The Bertz CT molecular complexity index is 891. The van der Waals surface area contributed by atoms with Gasteiger partial charge in [0.05, 0.1) is 16.6 Å². The number of aryl methyl sites for hydroxylation is 1. The van der Waals surface area contributed by atoms with E-state index in [1.165, 1.54) is 0 Å². The first-order chi connectivity index (χ1) is 12.1. The van der Waals surface area contributed by atoms with Crippen LogP contribution in [0.3, 0.4) is 0 Å². The Hall–Kier alpha value is -2.82. The maximum Gasteiger partial charge on any atom is 0.257 e. The van der Waals surface area contributed by atoms with E-state index in [2.05, 4.69) is 4.98 Å². The second kappa shape index (κ2) is 6.24. The van der Waals surface area contributed by atoms with Crippen molar-refractivity contribution in [3.8, 4) is 5.75 Å². The Morgan fingerprint density at radius 2 is 1.96 bits per heavy atom. The van der Waals surface area contributed by atoms with Gasteiger partial charge < -0.3 is 15.0 Å². The van der Waals surface area contributed by atoms with Crippen molar-refractivity contribution in [1.82, 2.24) is 14.9 Å². The van der Waals surface area contributed by atoms with Gasteiger partial charge >= 0.3 is 0 Å². The monoisotopic (exact) mass is 335 g/mol. The van der Waals surface area contributed by atoms with Crippen LogP contribution in [0.2, 0.25) is 0 Å². The predicted octanol–water partition coefficient (Wildman–Crippen LogP) is 3.60. The van der Waals surface area contributed by atoms with Crippen molar-refractivity contribution in [2.45, 2.75) is 25.7 Å². The average molecular weight is 335 g/mol. The molecule has 128 valence electrons. The van der Waals surface area contributed by atoms with Crippen molar-refractivity contribution in [2.75, 3.05) is 13.1 Å². The number of hydrogen-bond acceptors (Lipinski definition) is 3. The van der Waals surface area contributed by atoms with Crippen LogP contribution in [-0.4, -0.2) is 39.0 Å². The number of nitrogens with zero attached hydrogens (tertiary/aromatic N) is 2. The van der Waals surface area contributed by atoms with Gasteiger partial charge in [-0.25, -0.2) is 4.98 Å². The number of nitrogens with one attached hydrogen (secondary N) is 1. The molecule has 1 fully saturated rings. The standard InChI is InChI=1S/C20H21N3O2/c1-13-6-7-18(24)15(12-13)20(25)23-10-8-14(9-11-23)19-21-16-4-2-3-5-17(16)22-19/h2-7,12,14,24H,8-11H2,1H3,(H,21,22). The number of phenolic OH excluding ortho intramolecular Hbond substituents is 1. The lowest BCUT2D eigenvalue weighted by Crippen LogP contribution is -2.38. The van der Waals surface area contributed by atoms with Crippen molar-refractivity contribution in [3.63, 3.8) is 0 Å². The number of para-hydroxylation sites is 2. The number of phenols is 1. The summed E-state index contributed by atoms with van der Waals surface area (Å²) in [5, 5.41) is 9.98. The molecule has 2 heterocycles. The van der Waals surface area contributed by atoms with E-state index in [0.717, 1.165) is 35.3 Å². The van der Waals surface area contributed by atoms with Crippen LogP contribution in [0.1, 0.15) is 40.5 Å². The highest BCUT2D eigenvalue weighted by Crippen LogP contribution is 2.29. The summed E-state index contributed by atoms with van der Waals surface area (Å²) in [6.07, 6.45) is 1.75. The van der Waals surface area contributed by atoms with Crippen LogP contribution in [0.4, 0.5) is 0 Å². The van der Waals surface area contributed by atoms with Crippen molar-refractivity contribution in [3.05, 3.63) is 59.4 Å². The molecule has 5 heteroatoms. The van der Waals surface area contributed by atoms with Crippen LogP contribution >= 0.6 is 0 Å². The Kier molecular flexibility index (Phi) is 3.92. The normalized spacial score (nSPS) is 15.6. The fraction of sp³-hybridized carbons (Fsp3) is 0.300. The number of likely N-dealkylation sites (tertiary alicyclic amines) is 1. The topological polar surface area (TPSA) is 69.2 Å². The highest BCUT2D eigenvalue weighted by atomic mass is 16.3. The molecule has 5 nitrogen and oxygen atoms in total. The lowest BCUT2D eigenvalue weighted by atomic mass is 9.95. The molecule has 0 saturated carbocycles. The molecule has 1 amide bonds. The molecule has 1 saturated heterocycles. The van der Waals surface area contributed by atoms with Gasteiger partial charge in [-0.3, -0.25) is 4.79 Å². The van der Waals surface area contributed by atoms with Crippen LogP contribution in [0, 0.1) is 6.92 Å². The van der Waals surface area contributed by atoms with Crippen LogP contribution in [0.5, 0.6) is 5.75 Å². The molecule has 0 unspecified atom stereocenters. The smallest absolute Gasteiger partial charge is 0.257 e. The molecule has 2 aromatic carbocycles. The number of H-pyrrole nitrogens is 1. The molecule has 1 aliphatic heterocycles. The molecule has 0 spiro atoms. The van der Waals surface area contributed by atoms with E-state index in [0.29, 0.717) is 24.6 Å². The molecular weight excluding hydrogens is 314 g/mol. The predicted molar refractivity (Wildman–Crippen MR) is 96.8 cm³/mol. The summed E-state index contributed by atoms with van der Waals surface area (Å²) in [6.45, 7) is 3.27. The van der Waals surface area contributed by atoms with Gasteiger partial charge in [0.1, 0.15) is 11.6 Å². The first kappa shape index (κ1) is 15.7. The second-order valence-corrected chi connectivity index (χ2v) is 6.73. The quantitative estimate of drug-likeness (QED) is 0.752. The Balaban J connectivity index is 1.47. The van der Waals surface area contributed by atoms with Gasteiger partial charge in [0.15, 0.2) is 0 Å². The van der Waals surface area contributed by atoms with Crippen molar-refractivity contribution < 1.29 is 9.90 Å². The first-order valence-corrected chi connectivity index (χ1v) is 8.65. The summed E-state index contributed by atoms with van der Waals surface area (Å²) < 4.78 is 0. The number of hydrogen-bond donors (Lipinski definition) is 2. The third kappa shape index (κ3) is 2.97. The lowest BCUT2D eigenvalue weighted by molar-refractivity contribution is 0.0708. The molecule has 25 heavy (non-hydrogen) atoms. The summed E-state index contributed by atoms with van der Waals surface area (Å²) in [6, 6.07) is 13.2. The summed E-state index contributed by atoms with van der Waals surface area (Å²) >= 11 is 0. The van der Waals surface area contributed by atoms with Crippen molar-refractivity contribution in [2.24, 2.45) is 0 Å². The van der Waals surface area contributed by atoms with Gasteiger partial charge in [-0.2, -0.15) is 0 Å². The third-order valence-electron chi connectivity index (χ3n) is 4.96. The zero-order chi connectivity index (χ0) is 17.4. The lowest BCUT2D eigenvalue weighted by Gasteiger charge is -2.31. The van der Waals surface area contributed by atoms with E-state index in [1.54, 1.807) is 18.2 Å². The minimum absolute atomic E-state index is 0.0509. The second-order valence-electron chi connectivity index (χ2n) is 6.73. The van der Waals surface area contributed by atoms with Gasteiger partial charge in [-0.15, -0.1) is 0 Å². The molecule has 0 aliphatic carbocycles. The number of fused-ring (bicyclic) bond motifs is 1. The molecule has 0 bridgehead atoms. The molecule has 0 radical (unpaired) electrons. The van der Waals surface area contributed by atoms with Crippen LogP contribution in [0.15, 0.2) is 42.5 Å². The number of amides is 1. The van der Waals surface area contributed by atoms with Crippen LogP contribution in [-0.2, 0) is 0 Å². The van der Waals surface area contributed by atoms with Crippen LogP contribution < -0.4 is 0 Å². The molecular formula is C20H21N3O2. The van der Waals surface area contributed by atoms with E-state index in [4.69, 9.17) is 4.98 Å². The fourth-order valence-corrected chi connectivity index (χ4v) is 3.51. The number of aromatic hydroxyl groups is 1.